The number of hydrogen-bond acceptors (Lipinski definition) is 4. The quantitative estimate of drug-likeness (QED) is 0.699. The van der Waals surface area contributed by atoms with Crippen molar-refractivity contribution in [2.24, 2.45) is 5.73 Å². The second-order valence-corrected chi connectivity index (χ2v) is 4.36. The standard InChI is InChI=1S/C12H16N2O3S/c1-2-14(4-3-11(13)18)12(17)8-5-9(15)7-10(16)6-8/h5-7,15-16H,2-4H2,1H3,(H2,13,18). The molecule has 0 atom stereocenters. The summed E-state index contributed by atoms with van der Waals surface area (Å²) in [7, 11) is 0. The van der Waals surface area contributed by atoms with E-state index in [9.17, 15) is 15.0 Å². The molecule has 0 saturated heterocycles. The maximum Gasteiger partial charge on any atom is 0.254 e. The number of carbonyl (C=O) groups excluding carboxylic acids is 1. The first kappa shape index (κ1) is 14.2. The Kier molecular flexibility index (Phi) is 4.91. The molecule has 0 fully saturated rings. The van der Waals surface area contributed by atoms with Gasteiger partial charge in [0.15, 0.2) is 0 Å². The normalized spacial score (nSPS) is 10.1. The molecular formula is C12H16N2O3S. The van der Waals surface area contributed by atoms with E-state index in [2.05, 4.69) is 0 Å². The largest absolute Gasteiger partial charge is 0.508 e. The minimum Gasteiger partial charge on any atom is -0.508 e. The third kappa shape index (κ3) is 3.89. The number of phenols is 2. The van der Waals surface area contributed by atoms with Gasteiger partial charge in [0.1, 0.15) is 11.5 Å². The Bertz CT molecular complexity index is 442. The molecule has 1 amide bonds. The Morgan fingerprint density at radius 3 is 2.33 bits per heavy atom. The van der Waals surface area contributed by atoms with Gasteiger partial charge in [0.05, 0.1) is 4.99 Å². The highest BCUT2D eigenvalue weighted by atomic mass is 32.1. The highest BCUT2D eigenvalue weighted by molar-refractivity contribution is 7.80. The molecule has 4 N–H and O–H groups in total. The molecule has 0 aliphatic carbocycles. The fraction of sp³-hybridized carbons (Fsp3) is 0.333. The van der Waals surface area contributed by atoms with Gasteiger partial charge < -0.3 is 20.8 Å². The van der Waals surface area contributed by atoms with Crippen LogP contribution in [-0.4, -0.2) is 39.1 Å². The van der Waals surface area contributed by atoms with Gasteiger partial charge >= 0.3 is 0 Å². The van der Waals surface area contributed by atoms with Crippen LogP contribution in [0.25, 0.3) is 0 Å². The summed E-state index contributed by atoms with van der Waals surface area (Å²) in [6.07, 6.45) is 0.444. The first-order valence-electron chi connectivity index (χ1n) is 5.54. The summed E-state index contributed by atoms with van der Waals surface area (Å²) in [5, 5.41) is 18.7. The lowest BCUT2D eigenvalue weighted by Crippen LogP contribution is -2.33. The monoisotopic (exact) mass is 268 g/mol. The van der Waals surface area contributed by atoms with Crippen molar-refractivity contribution >= 4 is 23.1 Å². The van der Waals surface area contributed by atoms with E-state index >= 15 is 0 Å². The Morgan fingerprint density at radius 2 is 1.89 bits per heavy atom. The summed E-state index contributed by atoms with van der Waals surface area (Å²) in [5.41, 5.74) is 5.63. The molecular weight excluding hydrogens is 252 g/mol. The fourth-order valence-corrected chi connectivity index (χ4v) is 1.64. The molecule has 0 aliphatic heterocycles. The maximum absolute atomic E-state index is 12.1. The summed E-state index contributed by atoms with van der Waals surface area (Å²) < 4.78 is 0. The maximum atomic E-state index is 12.1. The van der Waals surface area contributed by atoms with Crippen molar-refractivity contribution in [3.63, 3.8) is 0 Å². The number of amides is 1. The van der Waals surface area contributed by atoms with E-state index in [0.717, 1.165) is 0 Å². The van der Waals surface area contributed by atoms with Gasteiger partial charge in [0.2, 0.25) is 0 Å². The van der Waals surface area contributed by atoms with Crippen LogP contribution in [0.2, 0.25) is 0 Å². The summed E-state index contributed by atoms with van der Waals surface area (Å²) in [4.78, 5) is 14.0. The van der Waals surface area contributed by atoms with Crippen LogP contribution in [0.4, 0.5) is 0 Å². The van der Waals surface area contributed by atoms with Crippen LogP contribution in [0.5, 0.6) is 11.5 Å². The number of nitrogens with zero attached hydrogens (tertiary/aromatic N) is 1. The number of aromatic hydroxyl groups is 2. The molecule has 0 bridgehead atoms. The van der Waals surface area contributed by atoms with Crippen molar-refractivity contribution in [2.75, 3.05) is 13.1 Å². The Hall–Kier alpha value is -1.82. The SMILES string of the molecule is CCN(CCC(N)=S)C(=O)c1cc(O)cc(O)c1. The van der Waals surface area contributed by atoms with Crippen molar-refractivity contribution in [2.45, 2.75) is 13.3 Å². The van der Waals surface area contributed by atoms with Gasteiger partial charge in [-0.25, -0.2) is 0 Å². The van der Waals surface area contributed by atoms with Crippen LogP contribution < -0.4 is 5.73 Å². The van der Waals surface area contributed by atoms with E-state index in [1.165, 1.54) is 18.2 Å². The van der Waals surface area contributed by atoms with E-state index in [1.807, 2.05) is 6.92 Å². The molecule has 1 aromatic rings. The second kappa shape index (κ2) is 6.20. The predicted octanol–water partition coefficient (Wildman–Crippen LogP) is 1.24. The molecule has 98 valence electrons. The average molecular weight is 268 g/mol. The zero-order chi connectivity index (χ0) is 13.7. The van der Waals surface area contributed by atoms with Gasteiger partial charge in [0.25, 0.3) is 5.91 Å². The summed E-state index contributed by atoms with van der Waals surface area (Å²) in [6.45, 7) is 2.75. The van der Waals surface area contributed by atoms with Crippen LogP contribution in [0.15, 0.2) is 18.2 Å². The van der Waals surface area contributed by atoms with Crippen molar-refractivity contribution in [1.82, 2.24) is 4.90 Å². The predicted molar refractivity (Wildman–Crippen MR) is 72.8 cm³/mol. The third-order valence-corrected chi connectivity index (χ3v) is 2.65. The lowest BCUT2D eigenvalue weighted by Gasteiger charge is -2.20. The Balaban J connectivity index is 2.85. The van der Waals surface area contributed by atoms with Crippen LogP contribution in [0, 0.1) is 0 Å². The molecule has 0 aromatic heterocycles. The number of nitrogens with two attached hydrogens (primary N) is 1. The molecule has 5 nitrogen and oxygen atoms in total. The van der Waals surface area contributed by atoms with Crippen LogP contribution in [-0.2, 0) is 0 Å². The number of benzene rings is 1. The van der Waals surface area contributed by atoms with Gasteiger partial charge in [-0.3, -0.25) is 4.79 Å². The summed E-state index contributed by atoms with van der Waals surface area (Å²) >= 11 is 4.77. The van der Waals surface area contributed by atoms with Crippen molar-refractivity contribution in [1.29, 1.82) is 0 Å². The second-order valence-electron chi connectivity index (χ2n) is 3.84. The first-order chi connectivity index (χ1) is 8.43. The topological polar surface area (TPSA) is 86.8 Å². The molecule has 1 rings (SSSR count). The Morgan fingerprint density at radius 1 is 1.33 bits per heavy atom. The highest BCUT2D eigenvalue weighted by Crippen LogP contribution is 2.21. The van der Waals surface area contributed by atoms with Gasteiger partial charge in [-0.1, -0.05) is 12.2 Å². The first-order valence-corrected chi connectivity index (χ1v) is 5.95. The fourth-order valence-electron chi connectivity index (χ4n) is 1.55. The van der Waals surface area contributed by atoms with Crippen LogP contribution in [0.1, 0.15) is 23.7 Å². The lowest BCUT2D eigenvalue weighted by atomic mass is 10.1. The van der Waals surface area contributed by atoms with E-state index in [0.29, 0.717) is 24.5 Å². The molecule has 0 heterocycles. The van der Waals surface area contributed by atoms with Crippen LogP contribution in [0.3, 0.4) is 0 Å². The van der Waals surface area contributed by atoms with E-state index in [-0.39, 0.29) is 23.0 Å². The van der Waals surface area contributed by atoms with E-state index < -0.39 is 0 Å². The minimum atomic E-state index is -0.278. The molecule has 6 heteroatoms. The van der Waals surface area contributed by atoms with Crippen molar-refractivity contribution in [3.05, 3.63) is 23.8 Å². The van der Waals surface area contributed by atoms with Crippen molar-refractivity contribution in [3.8, 4) is 11.5 Å². The number of phenolic OH excluding ortho intramolecular Hbond substituents is 2. The van der Waals surface area contributed by atoms with Gasteiger partial charge in [-0.15, -0.1) is 0 Å². The smallest absolute Gasteiger partial charge is 0.254 e. The molecule has 0 spiro atoms. The van der Waals surface area contributed by atoms with E-state index in [4.69, 9.17) is 18.0 Å². The Labute approximate surface area is 111 Å². The number of hydrogen-bond donors (Lipinski definition) is 3. The highest BCUT2D eigenvalue weighted by Gasteiger charge is 2.15. The molecule has 0 radical (unpaired) electrons. The number of rotatable bonds is 5. The molecule has 1 aromatic carbocycles. The molecule has 0 saturated carbocycles. The molecule has 0 aliphatic rings. The van der Waals surface area contributed by atoms with Gasteiger partial charge in [0, 0.05) is 31.1 Å². The van der Waals surface area contributed by atoms with Crippen LogP contribution >= 0.6 is 12.2 Å². The van der Waals surface area contributed by atoms with Gasteiger partial charge in [-0.2, -0.15) is 0 Å². The lowest BCUT2D eigenvalue weighted by molar-refractivity contribution is 0.0768. The molecule has 18 heavy (non-hydrogen) atoms. The minimum absolute atomic E-state index is 0.149. The zero-order valence-corrected chi connectivity index (χ0v) is 10.9. The number of carbonyl (C=O) groups is 1. The van der Waals surface area contributed by atoms with Crippen molar-refractivity contribution < 1.29 is 15.0 Å². The summed E-state index contributed by atoms with van der Waals surface area (Å²) in [5.74, 6) is -0.576. The molecule has 0 unspecified atom stereocenters. The zero-order valence-electron chi connectivity index (χ0n) is 10.1. The van der Waals surface area contributed by atoms with Gasteiger partial charge in [-0.05, 0) is 19.1 Å². The third-order valence-electron chi connectivity index (χ3n) is 2.45. The van der Waals surface area contributed by atoms with E-state index in [1.54, 1.807) is 4.90 Å². The summed E-state index contributed by atoms with van der Waals surface area (Å²) in [6, 6.07) is 3.79. The number of thiocarbonyl (C=S) groups is 1. The average Bonchev–Trinajstić information content (AvgIpc) is 2.27.